The highest BCUT2D eigenvalue weighted by Gasteiger charge is 2.16. The molecule has 2 aromatic heterocycles. The smallest absolute Gasteiger partial charge is 0.277 e. The first-order chi connectivity index (χ1) is 12.7. The molecule has 0 spiro atoms. The lowest BCUT2D eigenvalue weighted by molar-refractivity contribution is 0.102. The van der Waals surface area contributed by atoms with Gasteiger partial charge in [0.15, 0.2) is 5.69 Å². The Morgan fingerprint density at radius 3 is 2.85 bits per heavy atom. The van der Waals surface area contributed by atoms with Crippen LogP contribution in [0.25, 0.3) is 0 Å². The van der Waals surface area contributed by atoms with E-state index in [1.165, 1.54) is 0 Å². The van der Waals surface area contributed by atoms with Crippen molar-refractivity contribution in [2.45, 2.75) is 32.2 Å². The molecular formula is C19H19N5O2. The van der Waals surface area contributed by atoms with E-state index < -0.39 is 5.91 Å². The van der Waals surface area contributed by atoms with Gasteiger partial charge >= 0.3 is 0 Å². The number of nitrogens with one attached hydrogen (secondary N) is 2. The second kappa shape index (κ2) is 6.95. The fourth-order valence-corrected chi connectivity index (χ4v) is 3.20. The zero-order chi connectivity index (χ0) is 17.9. The van der Waals surface area contributed by atoms with E-state index in [0.29, 0.717) is 6.54 Å². The molecule has 2 heterocycles. The highest BCUT2D eigenvalue weighted by Crippen LogP contribution is 2.20. The van der Waals surface area contributed by atoms with Crippen LogP contribution in [0.5, 0.6) is 0 Å². The number of rotatable bonds is 4. The van der Waals surface area contributed by atoms with Crippen LogP contribution in [0.4, 0.5) is 5.69 Å². The minimum atomic E-state index is -0.439. The average molecular weight is 349 g/mol. The molecule has 1 aromatic carbocycles. The highest BCUT2D eigenvalue weighted by atomic mass is 16.2. The van der Waals surface area contributed by atoms with Crippen molar-refractivity contribution < 1.29 is 4.79 Å². The topological polar surface area (TPSA) is 92.7 Å². The number of hydrogen-bond donors (Lipinski definition) is 2. The Labute approximate surface area is 150 Å². The number of hydrogen-bond acceptors (Lipinski definition) is 4. The van der Waals surface area contributed by atoms with Crippen molar-refractivity contribution in [1.29, 1.82) is 0 Å². The number of aryl methyl sites for hydroxylation is 2. The summed E-state index contributed by atoms with van der Waals surface area (Å²) in [5.74, 6) is -0.439. The fraction of sp³-hybridized carbons (Fsp3) is 0.263. The van der Waals surface area contributed by atoms with Crippen molar-refractivity contribution in [3.63, 3.8) is 0 Å². The largest absolute Gasteiger partial charge is 0.324 e. The maximum Gasteiger partial charge on any atom is 0.277 e. The summed E-state index contributed by atoms with van der Waals surface area (Å²) in [6, 6.07) is 11.6. The molecule has 0 aliphatic heterocycles. The SMILES string of the molecule is O=C(Nc1cc2c([nH]c1=O)CCCC2)c1cn(Cc2ccccc2)nn1. The van der Waals surface area contributed by atoms with Crippen molar-refractivity contribution in [2.75, 3.05) is 5.32 Å². The fourth-order valence-electron chi connectivity index (χ4n) is 3.20. The van der Waals surface area contributed by atoms with Crippen LogP contribution in [0.3, 0.4) is 0 Å². The zero-order valence-electron chi connectivity index (χ0n) is 14.2. The molecule has 3 aromatic rings. The van der Waals surface area contributed by atoms with Gasteiger partial charge in [-0.25, -0.2) is 4.68 Å². The molecular weight excluding hydrogens is 330 g/mol. The van der Waals surface area contributed by atoms with Gasteiger partial charge in [0.1, 0.15) is 5.69 Å². The number of carbonyl (C=O) groups excluding carboxylic acids is 1. The summed E-state index contributed by atoms with van der Waals surface area (Å²) in [5, 5.41) is 10.6. The molecule has 0 bridgehead atoms. The Hall–Kier alpha value is -3.22. The van der Waals surface area contributed by atoms with Gasteiger partial charge in [-0.1, -0.05) is 35.5 Å². The van der Waals surface area contributed by atoms with Gasteiger partial charge in [0.05, 0.1) is 12.7 Å². The van der Waals surface area contributed by atoms with E-state index in [9.17, 15) is 9.59 Å². The summed E-state index contributed by atoms with van der Waals surface area (Å²) < 4.78 is 1.60. The van der Waals surface area contributed by atoms with Crippen LogP contribution >= 0.6 is 0 Å². The molecule has 1 amide bonds. The Bertz CT molecular complexity index is 991. The van der Waals surface area contributed by atoms with Crippen molar-refractivity contribution in [1.82, 2.24) is 20.0 Å². The van der Waals surface area contributed by atoms with E-state index in [1.807, 2.05) is 30.3 Å². The molecule has 1 aliphatic rings. The third kappa shape index (κ3) is 3.42. The predicted octanol–water partition coefficient (Wildman–Crippen LogP) is 2.15. The molecule has 132 valence electrons. The summed E-state index contributed by atoms with van der Waals surface area (Å²) in [5.41, 5.74) is 3.30. The first-order valence-corrected chi connectivity index (χ1v) is 8.69. The summed E-state index contributed by atoms with van der Waals surface area (Å²) >= 11 is 0. The van der Waals surface area contributed by atoms with Crippen molar-refractivity contribution >= 4 is 11.6 Å². The van der Waals surface area contributed by atoms with E-state index in [2.05, 4.69) is 20.6 Å². The number of anilines is 1. The maximum atomic E-state index is 12.4. The van der Waals surface area contributed by atoms with Gasteiger partial charge in [0.2, 0.25) is 0 Å². The third-order valence-electron chi connectivity index (χ3n) is 4.55. The van der Waals surface area contributed by atoms with E-state index in [-0.39, 0.29) is 16.9 Å². The van der Waals surface area contributed by atoms with Gasteiger partial charge < -0.3 is 10.3 Å². The monoisotopic (exact) mass is 349 g/mol. The summed E-state index contributed by atoms with van der Waals surface area (Å²) in [4.78, 5) is 27.5. The van der Waals surface area contributed by atoms with Gasteiger partial charge in [0, 0.05) is 5.69 Å². The number of fused-ring (bicyclic) bond motifs is 1. The van der Waals surface area contributed by atoms with Crippen LogP contribution in [0.2, 0.25) is 0 Å². The molecule has 0 radical (unpaired) electrons. The van der Waals surface area contributed by atoms with Crippen LogP contribution in [-0.2, 0) is 19.4 Å². The maximum absolute atomic E-state index is 12.4. The third-order valence-corrected chi connectivity index (χ3v) is 4.55. The van der Waals surface area contributed by atoms with Gasteiger partial charge in [-0.3, -0.25) is 9.59 Å². The van der Waals surface area contributed by atoms with Crippen LogP contribution in [0.1, 0.15) is 40.2 Å². The molecule has 0 saturated carbocycles. The average Bonchev–Trinajstić information content (AvgIpc) is 3.12. The number of pyridine rings is 1. The molecule has 1 aliphatic carbocycles. The molecule has 0 saturated heterocycles. The quantitative estimate of drug-likeness (QED) is 0.755. The molecule has 2 N–H and O–H groups in total. The van der Waals surface area contributed by atoms with Crippen LogP contribution in [0.15, 0.2) is 47.4 Å². The van der Waals surface area contributed by atoms with E-state index in [1.54, 1.807) is 16.9 Å². The minimum absolute atomic E-state index is 0.179. The van der Waals surface area contributed by atoms with Crippen molar-refractivity contribution in [3.8, 4) is 0 Å². The van der Waals surface area contributed by atoms with E-state index in [0.717, 1.165) is 42.5 Å². The normalized spacial score (nSPS) is 13.2. The standard InChI is InChI=1S/C19H19N5O2/c25-18-16(10-14-8-4-5-9-15(14)20-18)21-19(26)17-12-24(23-22-17)11-13-6-2-1-3-7-13/h1-3,6-7,10,12H,4-5,8-9,11H2,(H,20,25)(H,21,26). The van der Waals surface area contributed by atoms with E-state index >= 15 is 0 Å². The minimum Gasteiger partial charge on any atom is -0.324 e. The summed E-state index contributed by atoms with van der Waals surface area (Å²) in [7, 11) is 0. The first-order valence-electron chi connectivity index (χ1n) is 8.69. The van der Waals surface area contributed by atoms with Gasteiger partial charge in [-0.15, -0.1) is 5.10 Å². The Morgan fingerprint density at radius 1 is 1.19 bits per heavy atom. The molecule has 0 atom stereocenters. The number of aromatic amines is 1. The number of H-pyrrole nitrogens is 1. The Morgan fingerprint density at radius 2 is 2.00 bits per heavy atom. The second-order valence-corrected chi connectivity index (χ2v) is 6.46. The number of nitrogens with zero attached hydrogens (tertiary/aromatic N) is 3. The summed E-state index contributed by atoms with van der Waals surface area (Å²) in [6.45, 7) is 0.528. The summed E-state index contributed by atoms with van der Waals surface area (Å²) in [6.07, 6.45) is 5.56. The molecule has 7 nitrogen and oxygen atoms in total. The highest BCUT2D eigenvalue weighted by molar-refractivity contribution is 6.02. The number of amides is 1. The second-order valence-electron chi connectivity index (χ2n) is 6.46. The van der Waals surface area contributed by atoms with Gasteiger partial charge in [0.25, 0.3) is 11.5 Å². The number of carbonyl (C=O) groups is 1. The molecule has 7 heteroatoms. The van der Waals surface area contributed by atoms with Crippen LogP contribution in [-0.4, -0.2) is 25.9 Å². The molecule has 0 unspecified atom stereocenters. The molecule has 4 rings (SSSR count). The number of aromatic nitrogens is 4. The van der Waals surface area contributed by atoms with E-state index in [4.69, 9.17) is 0 Å². The lowest BCUT2D eigenvalue weighted by atomic mass is 9.96. The van der Waals surface area contributed by atoms with Gasteiger partial charge in [-0.2, -0.15) is 0 Å². The first kappa shape index (κ1) is 16.3. The molecule has 26 heavy (non-hydrogen) atoms. The van der Waals surface area contributed by atoms with Crippen LogP contribution < -0.4 is 10.9 Å². The van der Waals surface area contributed by atoms with Crippen LogP contribution in [0, 0.1) is 0 Å². The van der Waals surface area contributed by atoms with Crippen molar-refractivity contribution in [3.05, 3.63) is 75.5 Å². The Kier molecular flexibility index (Phi) is 4.35. The predicted molar refractivity (Wildman–Crippen MR) is 97.2 cm³/mol. The van der Waals surface area contributed by atoms with Gasteiger partial charge in [-0.05, 0) is 42.9 Å². The Balaban J connectivity index is 1.50. The number of benzene rings is 1. The van der Waals surface area contributed by atoms with Crippen molar-refractivity contribution in [2.24, 2.45) is 0 Å². The zero-order valence-corrected chi connectivity index (χ0v) is 14.2. The lowest BCUT2D eigenvalue weighted by Crippen LogP contribution is -2.23. The lowest BCUT2D eigenvalue weighted by Gasteiger charge is -2.16. The molecule has 0 fully saturated rings.